The second-order valence-electron chi connectivity index (χ2n) is 5.97. The van der Waals surface area contributed by atoms with E-state index in [1.807, 2.05) is 30.3 Å². The van der Waals surface area contributed by atoms with Crippen molar-refractivity contribution in [2.45, 2.75) is 44.4 Å². The lowest BCUT2D eigenvalue weighted by atomic mass is 10.1. The minimum atomic E-state index is -3.68. The van der Waals surface area contributed by atoms with Crippen LogP contribution >= 0.6 is 0 Å². The number of carbonyl (C=O) groups excluding carboxylic acids is 2. The van der Waals surface area contributed by atoms with Crippen LogP contribution in [-0.2, 0) is 26.0 Å². The van der Waals surface area contributed by atoms with Crippen LogP contribution in [0, 0.1) is 0 Å². The number of sulfonamides is 1. The van der Waals surface area contributed by atoms with Crippen LogP contribution in [0.5, 0.6) is 0 Å². The van der Waals surface area contributed by atoms with Gasteiger partial charge in [-0.15, -0.1) is 0 Å². The first-order chi connectivity index (χ1) is 10.8. The Morgan fingerprint density at radius 1 is 1.26 bits per heavy atom. The van der Waals surface area contributed by atoms with E-state index in [0.717, 1.165) is 5.56 Å². The number of hydrogen-bond donors (Lipinski definition) is 1. The maximum atomic E-state index is 12.4. The third kappa shape index (κ3) is 4.31. The highest BCUT2D eigenvalue weighted by Gasteiger charge is 2.35. The Kier molecular flexibility index (Phi) is 5.41. The molecule has 0 radical (unpaired) electrons. The molecule has 2 amide bonds. The molecule has 1 fully saturated rings. The van der Waals surface area contributed by atoms with Gasteiger partial charge in [0.15, 0.2) is 0 Å². The molecule has 2 rings (SSSR count). The minimum absolute atomic E-state index is 0.157. The zero-order valence-electron chi connectivity index (χ0n) is 13.4. The lowest BCUT2D eigenvalue weighted by Crippen LogP contribution is -2.49. The van der Waals surface area contributed by atoms with Crippen LogP contribution in [0.2, 0.25) is 0 Å². The van der Waals surface area contributed by atoms with Crippen LogP contribution in [0.4, 0.5) is 0 Å². The molecular formula is C16H22N2O4S. The average molecular weight is 338 g/mol. The number of hydrogen-bond acceptors (Lipinski definition) is 4. The highest BCUT2D eigenvalue weighted by molar-refractivity contribution is 7.90. The number of benzene rings is 1. The zero-order chi connectivity index (χ0) is 17.0. The first-order valence-electron chi connectivity index (χ1n) is 7.70. The van der Waals surface area contributed by atoms with Gasteiger partial charge in [0.25, 0.3) is 5.91 Å². The summed E-state index contributed by atoms with van der Waals surface area (Å²) in [4.78, 5) is 26.2. The Balaban J connectivity index is 2.05. The summed E-state index contributed by atoms with van der Waals surface area (Å²) in [6, 6.07) is 8.58. The maximum Gasteiger partial charge on any atom is 0.256 e. The molecule has 126 valence electrons. The van der Waals surface area contributed by atoms with E-state index in [9.17, 15) is 18.0 Å². The lowest BCUT2D eigenvalue weighted by molar-refractivity contribution is -0.137. The fourth-order valence-corrected chi connectivity index (χ4v) is 3.19. The predicted molar refractivity (Wildman–Crippen MR) is 87.1 cm³/mol. The van der Waals surface area contributed by atoms with Crippen molar-refractivity contribution >= 4 is 21.8 Å². The van der Waals surface area contributed by atoms with Gasteiger partial charge in [0.1, 0.15) is 6.04 Å². The summed E-state index contributed by atoms with van der Waals surface area (Å²) in [6.45, 7) is 3.48. The van der Waals surface area contributed by atoms with Gasteiger partial charge in [-0.05, 0) is 32.3 Å². The van der Waals surface area contributed by atoms with Gasteiger partial charge in [0, 0.05) is 6.54 Å². The molecule has 0 aromatic heterocycles. The van der Waals surface area contributed by atoms with Crippen LogP contribution in [0.15, 0.2) is 30.3 Å². The van der Waals surface area contributed by atoms with Gasteiger partial charge >= 0.3 is 0 Å². The fourth-order valence-electron chi connectivity index (χ4n) is 2.54. The summed E-state index contributed by atoms with van der Waals surface area (Å²) in [5, 5.41) is -0.693. The molecule has 1 saturated heterocycles. The van der Waals surface area contributed by atoms with E-state index in [1.54, 1.807) is 0 Å². The van der Waals surface area contributed by atoms with Crippen LogP contribution in [0.1, 0.15) is 32.3 Å². The smallest absolute Gasteiger partial charge is 0.256 e. The molecule has 1 aromatic carbocycles. The molecule has 6 nitrogen and oxygen atoms in total. The van der Waals surface area contributed by atoms with E-state index in [4.69, 9.17) is 0 Å². The largest absolute Gasteiger partial charge is 0.330 e. The third-order valence-electron chi connectivity index (χ3n) is 3.94. The normalized spacial score (nSPS) is 18.2. The van der Waals surface area contributed by atoms with Crippen molar-refractivity contribution in [3.05, 3.63) is 35.9 Å². The highest BCUT2D eigenvalue weighted by Crippen LogP contribution is 2.19. The third-order valence-corrected chi connectivity index (χ3v) is 5.66. The van der Waals surface area contributed by atoms with Gasteiger partial charge in [-0.1, -0.05) is 30.3 Å². The molecule has 1 N–H and O–H groups in total. The number of carbonyl (C=O) groups is 2. The quantitative estimate of drug-likeness (QED) is 0.870. The number of nitrogens with one attached hydrogen (secondary N) is 1. The van der Waals surface area contributed by atoms with E-state index in [0.29, 0.717) is 19.4 Å². The Labute approximate surface area is 136 Å². The van der Waals surface area contributed by atoms with Crippen molar-refractivity contribution in [3.63, 3.8) is 0 Å². The van der Waals surface area contributed by atoms with Gasteiger partial charge < -0.3 is 4.90 Å². The van der Waals surface area contributed by atoms with E-state index < -0.39 is 27.2 Å². The number of rotatable bonds is 5. The molecule has 1 unspecified atom stereocenters. The molecule has 0 spiro atoms. The summed E-state index contributed by atoms with van der Waals surface area (Å²) >= 11 is 0. The number of amides is 2. The molecule has 1 aromatic rings. The van der Waals surface area contributed by atoms with E-state index in [1.165, 1.54) is 18.7 Å². The zero-order valence-corrected chi connectivity index (χ0v) is 14.2. The van der Waals surface area contributed by atoms with Crippen molar-refractivity contribution in [2.24, 2.45) is 0 Å². The fraction of sp³-hybridized carbons (Fsp3) is 0.500. The summed E-state index contributed by atoms with van der Waals surface area (Å²) in [6.07, 6.45) is 1.39. The van der Waals surface area contributed by atoms with E-state index >= 15 is 0 Å². The molecule has 1 aliphatic rings. The van der Waals surface area contributed by atoms with Gasteiger partial charge in [0.2, 0.25) is 15.9 Å². The van der Waals surface area contributed by atoms with E-state index in [2.05, 4.69) is 4.72 Å². The minimum Gasteiger partial charge on any atom is -0.330 e. The van der Waals surface area contributed by atoms with Gasteiger partial charge in [-0.2, -0.15) is 0 Å². The Morgan fingerprint density at radius 2 is 1.91 bits per heavy atom. The van der Waals surface area contributed by atoms with Gasteiger partial charge in [-0.25, -0.2) is 8.42 Å². The average Bonchev–Trinajstić information content (AvgIpc) is 2.97. The van der Waals surface area contributed by atoms with Gasteiger partial charge in [-0.3, -0.25) is 14.3 Å². The first-order valence-corrected chi connectivity index (χ1v) is 9.25. The summed E-state index contributed by atoms with van der Waals surface area (Å²) in [7, 11) is -3.68. The Hall–Kier alpha value is -1.89. The second-order valence-corrected chi connectivity index (χ2v) is 8.20. The molecule has 0 saturated carbocycles. The molecule has 1 heterocycles. The van der Waals surface area contributed by atoms with Crippen LogP contribution in [0.25, 0.3) is 0 Å². The SMILES string of the molecule is CC(C)S(=O)(=O)NC(=O)C1CCCN1C(=O)Cc1ccccc1. The molecule has 0 bridgehead atoms. The van der Waals surface area contributed by atoms with Crippen LogP contribution in [0.3, 0.4) is 0 Å². The first kappa shape index (κ1) is 17.5. The topological polar surface area (TPSA) is 83.6 Å². The van der Waals surface area contributed by atoms with Crippen molar-refractivity contribution in [1.82, 2.24) is 9.62 Å². The summed E-state index contributed by atoms with van der Waals surface area (Å²) in [5.74, 6) is -0.770. The van der Waals surface area contributed by atoms with Crippen molar-refractivity contribution in [3.8, 4) is 0 Å². The monoisotopic (exact) mass is 338 g/mol. The Morgan fingerprint density at radius 3 is 2.52 bits per heavy atom. The predicted octanol–water partition coefficient (Wildman–Crippen LogP) is 1.07. The second kappa shape index (κ2) is 7.12. The summed E-state index contributed by atoms with van der Waals surface area (Å²) < 4.78 is 25.7. The highest BCUT2D eigenvalue weighted by atomic mass is 32.2. The van der Waals surface area contributed by atoms with Gasteiger partial charge in [0.05, 0.1) is 11.7 Å². The number of nitrogens with zero attached hydrogens (tertiary/aromatic N) is 1. The van der Waals surface area contributed by atoms with E-state index in [-0.39, 0.29) is 12.3 Å². The molecular weight excluding hydrogens is 316 g/mol. The standard InChI is InChI=1S/C16H22N2O4S/c1-12(2)23(21,22)17-16(20)14-9-6-10-18(14)15(19)11-13-7-4-3-5-8-13/h3-5,7-8,12,14H,6,9-11H2,1-2H3,(H,17,20). The molecule has 1 atom stereocenters. The molecule has 7 heteroatoms. The van der Waals surface area contributed by atoms with Crippen molar-refractivity contribution in [1.29, 1.82) is 0 Å². The van der Waals surface area contributed by atoms with Crippen LogP contribution < -0.4 is 4.72 Å². The molecule has 1 aliphatic heterocycles. The van der Waals surface area contributed by atoms with Crippen molar-refractivity contribution < 1.29 is 18.0 Å². The summed E-state index contributed by atoms with van der Waals surface area (Å²) in [5.41, 5.74) is 0.873. The maximum absolute atomic E-state index is 12.4. The van der Waals surface area contributed by atoms with Crippen molar-refractivity contribution in [2.75, 3.05) is 6.54 Å². The number of likely N-dealkylation sites (tertiary alicyclic amines) is 1. The molecule has 23 heavy (non-hydrogen) atoms. The lowest BCUT2D eigenvalue weighted by Gasteiger charge is -2.24. The molecule has 0 aliphatic carbocycles. The van der Waals surface area contributed by atoms with Crippen LogP contribution in [-0.4, -0.2) is 43.0 Å². The Bertz CT molecular complexity index is 671.